The van der Waals surface area contributed by atoms with E-state index >= 15 is 0 Å². The summed E-state index contributed by atoms with van der Waals surface area (Å²) in [5.41, 5.74) is 0.773. The highest BCUT2D eigenvalue weighted by Gasteiger charge is 2.70. The third-order valence-electron chi connectivity index (χ3n) is 11.9. The van der Waals surface area contributed by atoms with Gasteiger partial charge in [-0.1, -0.05) is 17.3 Å². The van der Waals surface area contributed by atoms with Crippen LogP contribution in [0.15, 0.2) is 48.8 Å². The monoisotopic (exact) mass is 1160 g/mol. The van der Waals surface area contributed by atoms with E-state index in [1.807, 2.05) is 17.0 Å². The van der Waals surface area contributed by atoms with Gasteiger partial charge in [0.25, 0.3) is 0 Å². The van der Waals surface area contributed by atoms with Gasteiger partial charge in [-0.25, -0.2) is 22.5 Å². The molecule has 1 aliphatic heterocycles. The van der Waals surface area contributed by atoms with Gasteiger partial charge in [0.05, 0.1) is 154 Å². The van der Waals surface area contributed by atoms with Crippen molar-refractivity contribution in [1.29, 1.82) is 5.26 Å². The van der Waals surface area contributed by atoms with E-state index in [0.29, 0.717) is 120 Å². The number of aliphatic hydroxyl groups is 2. The molecule has 4 heterocycles. The summed E-state index contributed by atoms with van der Waals surface area (Å²) in [6.45, 7) is 5.54. The van der Waals surface area contributed by atoms with Gasteiger partial charge in [0.2, 0.25) is 11.0 Å². The molecule has 1 aliphatic carbocycles. The molecule has 1 unspecified atom stereocenters. The van der Waals surface area contributed by atoms with Gasteiger partial charge in [-0.05, 0) is 29.3 Å². The average Bonchev–Trinajstić information content (AvgIpc) is 3.48. The molecule has 26 nitrogen and oxygen atoms in total. The Kier molecular flexibility index (Phi) is 23.6. The number of aromatic nitrogens is 7. The largest absolute Gasteiger partial charge is 0.420 e. The van der Waals surface area contributed by atoms with E-state index in [2.05, 4.69) is 36.2 Å². The van der Waals surface area contributed by atoms with Crippen LogP contribution in [-0.2, 0) is 76.4 Å². The number of benzene rings is 2. The molecule has 79 heavy (non-hydrogen) atoms. The van der Waals surface area contributed by atoms with Crippen LogP contribution in [0.2, 0.25) is 5.28 Å². The molecule has 5 aromatic rings. The van der Waals surface area contributed by atoms with Gasteiger partial charge >= 0.3 is 13.6 Å². The van der Waals surface area contributed by atoms with E-state index in [-0.39, 0.29) is 63.4 Å². The zero-order valence-electron chi connectivity index (χ0n) is 42.6. The molecule has 1 saturated carbocycles. The number of ether oxygens (including phenoxy) is 11. The van der Waals surface area contributed by atoms with Crippen molar-refractivity contribution >= 4 is 42.0 Å². The van der Waals surface area contributed by atoms with E-state index in [0.717, 1.165) is 5.56 Å². The highest BCUT2D eigenvalue weighted by atomic mass is 35.5. The SMILES string of the molecule is N#Cc1ccc(CN(CCOCCOCCOCCOCc2cn(CCOCCOCCOCCOCCC(=O)Oc3c(F)cc(F)cc3F)nn2)c2nc(Cl)nc3c2cnn3[C@@H]2OC3(C[C@H]3OCP(=O)(O)O)[C@@H](O)[C@H]2O)cc1. The lowest BCUT2D eigenvalue weighted by molar-refractivity contribution is -0.136. The molecule has 31 heteroatoms. The van der Waals surface area contributed by atoms with Gasteiger partial charge in [-0.3, -0.25) is 9.36 Å². The highest BCUT2D eigenvalue weighted by molar-refractivity contribution is 7.51. The van der Waals surface area contributed by atoms with E-state index in [9.17, 15) is 47.8 Å². The van der Waals surface area contributed by atoms with Crippen LogP contribution in [0.1, 0.15) is 35.9 Å². The van der Waals surface area contributed by atoms with Crippen LogP contribution in [0.5, 0.6) is 5.75 Å². The molecule has 2 aliphatic rings. The number of carbonyl (C=O) groups excluding carboxylic acids is 1. The van der Waals surface area contributed by atoms with Crippen LogP contribution in [0, 0.1) is 28.8 Å². The van der Waals surface area contributed by atoms with Crippen LogP contribution in [-0.4, -0.2) is 197 Å². The Balaban J connectivity index is 0.703. The number of nitriles is 1. The quantitative estimate of drug-likeness (QED) is 0.0146. The minimum Gasteiger partial charge on any atom is -0.420 e. The number of esters is 1. The second-order valence-corrected chi connectivity index (χ2v) is 19.6. The minimum atomic E-state index is -4.49. The number of hydrogen-bond donors (Lipinski definition) is 4. The lowest BCUT2D eigenvalue weighted by Gasteiger charge is -2.25. The summed E-state index contributed by atoms with van der Waals surface area (Å²) in [6, 6.07) is 9.97. The Labute approximate surface area is 455 Å². The first-order valence-electron chi connectivity index (χ1n) is 24.8. The normalized spacial score (nSPS) is 18.9. The van der Waals surface area contributed by atoms with Crippen molar-refractivity contribution in [2.24, 2.45) is 0 Å². The predicted octanol–water partition coefficient (Wildman–Crippen LogP) is 2.61. The zero-order valence-corrected chi connectivity index (χ0v) is 44.2. The van der Waals surface area contributed by atoms with E-state index in [4.69, 9.17) is 59.0 Å². The summed E-state index contributed by atoms with van der Waals surface area (Å²) in [5.74, 6) is -5.28. The maximum Gasteiger partial charge on any atom is 0.350 e. The lowest BCUT2D eigenvalue weighted by Crippen LogP contribution is -2.35. The summed E-state index contributed by atoms with van der Waals surface area (Å²) >= 11 is 6.48. The topological polar surface area (TPSA) is 318 Å². The van der Waals surface area contributed by atoms with Gasteiger partial charge in [-0.2, -0.15) is 20.3 Å². The fourth-order valence-electron chi connectivity index (χ4n) is 7.93. The molecule has 432 valence electrons. The van der Waals surface area contributed by atoms with Crippen molar-refractivity contribution in [1.82, 2.24) is 34.7 Å². The highest BCUT2D eigenvalue weighted by Crippen LogP contribution is 2.56. The Morgan fingerprint density at radius 3 is 2.06 bits per heavy atom. The summed E-state index contributed by atoms with van der Waals surface area (Å²) in [6.07, 6.45) is -2.88. The van der Waals surface area contributed by atoms with Crippen molar-refractivity contribution in [3.8, 4) is 11.8 Å². The first kappa shape index (κ1) is 61.3. The maximum atomic E-state index is 13.6. The number of halogens is 4. The fourth-order valence-corrected chi connectivity index (χ4v) is 8.46. The van der Waals surface area contributed by atoms with Crippen molar-refractivity contribution in [2.45, 2.75) is 62.7 Å². The molecular formula is C48H60ClF3N9O17P. The Hall–Kier alpha value is -5.36. The van der Waals surface area contributed by atoms with Crippen molar-refractivity contribution in [3.63, 3.8) is 0 Å². The lowest BCUT2D eigenvalue weighted by atomic mass is 10.1. The standard InChI is InChI=1S/C48H60ClF3N9O17P/c49-47-55-44(36-27-54-61(45(36)56-47)46-41(63)43(64)48(78-46)25-39(48)76-31-79(65,66)67)59(28-33-3-1-32(26-53)2-4-33)6-9-69-12-15-72-19-20-74-21-22-75-30-35-29-60(58-57-35)7-10-70-13-16-73-18-17-71-14-11-68-8-5-40(62)77-42-37(51)23-34(50)24-38(42)52/h1-4,23-24,27,29,39,41,43,46,63-64H,5-22,25,28,30-31H2,(H2,65,66,67)/t39-,41-,43+,46-,48?/m1/s1. The summed E-state index contributed by atoms with van der Waals surface area (Å²) in [4.78, 5) is 41.1. The van der Waals surface area contributed by atoms with Gasteiger partial charge in [0.1, 0.15) is 41.5 Å². The Bertz CT molecular complexity index is 2790. The van der Waals surface area contributed by atoms with Gasteiger partial charge in [0.15, 0.2) is 23.5 Å². The van der Waals surface area contributed by atoms with Gasteiger partial charge in [-0.15, -0.1) is 5.10 Å². The van der Waals surface area contributed by atoms with E-state index in [1.54, 1.807) is 23.0 Å². The number of hydrogen-bond acceptors (Lipinski definition) is 22. The second kappa shape index (κ2) is 30.5. The first-order valence-corrected chi connectivity index (χ1v) is 27.0. The maximum absolute atomic E-state index is 13.6. The number of carbonyl (C=O) groups is 1. The molecule has 0 amide bonds. The molecule has 3 aromatic heterocycles. The first-order chi connectivity index (χ1) is 38.1. The molecule has 1 spiro atoms. The molecule has 7 rings (SSSR count). The molecule has 1 saturated heterocycles. The Morgan fingerprint density at radius 1 is 0.848 bits per heavy atom. The minimum absolute atomic E-state index is 0.0653. The van der Waals surface area contributed by atoms with Crippen LogP contribution < -0.4 is 9.64 Å². The van der Waals surface area contributed by atoms with Crippen molar-refractivity contribution in [2.75, 3.05) is 117 Å². The number of aliphatic hydroxyl groups excluding tert-OH is 2. The third-order valence-corrected chi connectivity index (χ3v) is 12.5. The zero-order chi connectivity index (χ0) is 56.2. The van der Waals surface area contributed by atoms with Crippen molar-refractivity contribution < 1.29 is 94.6 Å². The third kappa shape index (κ3) is 18.6. The molecule has 2 aromatic carbocycles. The van der Waals surface area contributed by atoms with Crippen molar-refractivity contribution in [3.05, 3.63) is 88.3 Å². The van der Waals surface area contributed by atoms with Crippen LogP contribution in [0.3, 0.4) is 0 Å². The number of anilines is 1. The van der Waals surface area contributed by atoms with Crippen LogP contribution >= 0.6 is 19.2 Å². The van der Waals surface area contributed by atoms with Gasteiger partial charge in [0, 0.05) is 31.6 Å². The smallest absolute Gasteiger partial charge is 0.350 e. The predicted molar refractivity (Wildman–Crippen MR) is 266 cm³/mol. The van der Waals surface area contributed by atoms with Crippen LogP contribution in [0.4, 0.5) is 19.0 Å². The molecule has 2 fully saturated rings. The average molecular weight is 1160 g/mol. The number of fused-ring (bicyclic) bond motifs is 1. The summed E-state index contributed by atoms with van der Waals surface area (Å²) in [5, 5.41) is 44.3. The number of nitrogens with zero attached hydrogens (tertiary/aromatic N) is 9. The Morgan fingerprint density at radius 2 is 1.44 bits per heavy atom. The summed E-state index contributed by atoms with van der Waals surface area (Å²) in [7, 11) is -4.49. The molecule has 0 radical (unpaired) electrons. The second-order valence-electron chi connectivity index (χ2n) is 17.7. The molecule has 5 atom stereocenters. The number of rotatable bonds is 37. The summed E-state index contributed by atoms with van der Waals surface area (Å²) < 4.78 is 115. The molecule has 0 bridgehead atoms. The fraction of sp³-hybridized carbons (Fsp3) is 0.562. The van der Waals surface area contributed by atoms with Crippen LogP contribution in [0.25, 0.3) is 11.0 Å². The molecular weight excluding hydrogens is 1100 g/mol. The van der Waals surface area contributed by atoms with E-state index in [1.165, 1.54) is 10.9 Å². The van der Waals surface area contributed by atoms with Gasteiger partial charge < -0.3 is 77.0 Å². The van der Waals surface area contributed by atoms with E-state index < -0.39 is 73.3 Å². The molecule has 4 N–H and O–H groups in total.